The molecule has 3 aromatic rings. The molecule has 4 rings (SSSR count). The number of aromatic amines is 1. The number of anilines is 2. The van der Waals surface area contributed by atoms with Gasteiger partial charge >= 0.3 is 5.97 Å². The Morgan fingerprint density at radius 3 is 2.64 bits per heavy atom. The van der Waals surface area contributed by atoms with Crippen LogP contribution in [0.5, 0.6) is 0 Å². The van der Waals surface area contributed by atoms with Gasteiger partial charge in [-0.1, -0.05) is 11.6 Å². The van der Waals surface area contributed by atoms with Crippen molar-refractivity contribution in [2.75, 3.05) is 11.9 Å². The van der Waals surface area contributed by atoms with Gasteiger partial charge < -0.3 is 10.4 Å². The summed E-state index contributed by atoms with van der Waals surface area (Å²) in [5.74, 6) is -2.29. The number of benzene rings is 1. The average molecular weight is 522 g/mol. The van der Waals surface area contributed by atoms with Crippen LogP contribution in [0.25, 0.3) is 0 Å². The SMILES string of the molecule is Cc1cc(Nc2cc(C)c(F)c(C[C@@]3(C(=O)O)CCN(Cc4c(F)ccc(Cl)c4F)[C@H](C)C3)n2)n[nH]1. The number of aryl methyl sites for hydroxylation is 2. The minimum atomic E-state index is -1.29. The van der Waals surface area contributed by atoms with Crippen LogP contribution in [0.3, 0.4) is 0 Å². The van der Waals surface area contributed by atoms with Gasteiger partial charge in [0.25, 0.3) is 0 Å². The summed E-state index contributed by atoms with van der Waals surface area (Å²) in [7, 11) is 0. The number of aliphatic carboxylic acids is 1. The number of halogens is 4. The van der Waals surface area contributed by atoms with Crippen LogP contribution < -0.4 is 5.32 Å². The lowest BCUT2D eigenvalue weighted by Gasteiger charge is -2.43. The van der Waals surface area contributed by atoms with Crippen molar-refractivity contribution < 1.29 is 23.1 Å². The zero-order valence-electron chi connectivity index (χ0n) is 20.1. The van der Waals surface area contributed by atoms with E-state index in [-0.39, 0.29) is 54.7 Å². The van der Waals surface area contributed by atoms with E-state index in [4.69, 9.17) is 11.6 Å². The number of pyridine rings is 1. The fourth-order valence-electron chi connectivity index (χ4n) is 4.79. The fraction of sp³-hybridized carbons (Fsp3) is 0.400. The highest BCUT2D eigenvalue weighted by molar-refractivity contribution is 6.30. The van der Waals surface area contributed by atoms with Gasteiger partial charge in [0.05, 0.1) is 16.1 Å². The lowest BCUT2D eigenvalue weighted by Crippen LogP contribution is -2.50. The molecular weight excluding hydrogens is 495 g/mol. The van der Waals surface area contributed by atoms with Crippen LogP contribution in [-0.4, -0.2) is 43.7 Å². The summed E-state index contributed by atoms with van der Waals surface area (Å²) in [4.78, 5) is 18.7. The molecule has 0 aliphatic carbocycles. The van der Waals surface area contributed by atoms with E-state index in [1.165, 1.54) is 6.07 Å². The Morgan fingerprint density at radius 1 is 1.25 bits per heavy atom. The van der Waals surface area contributed by atoms with E-state index in [1.54, 1.807) is 19.9 Å². The van der Waals surface area contributed by atoms with Crippen molar-refractivity contribution in [3.8, 4) is 0 Å². The van der Waals surface area contributed by atoms with Gasteiger partial charge in [0.1, 0.15) is 23.3 Å². The molecular formula is C25H27ClF3N5O2. The van der Waals surface area contributed by atoms with Crippen LogP contribution >= 0.6 is 11.6 Å². The van der Waals surface area contributed by atoms with Crippen molar-refractivity contribution in [3.63, 3.8) is 0 Å². The molecule has 192 valence electrons. The lowest BCUT2D eigenvalue weighted by molar-refractivity contribution is -0.153. The number of carboxylic acids is 1. The third-order valence-electron chi connectivity index (χ3n) is 6.82. The summed E-state index contributed by atoms with van der Waals surface area (Å²) in [5, 5.41) is 19.9. The molecule has 2 aromatic heterocycles. The van der Waals surface area contributed by atoms with Crippen LogP contribution in [-0.2, 0) is 17.8 Å². The standard InChI is InChI=1S/C25H27ClF3N5O2/c1-13-8-20(31-21-9-14(2)32-33-21)30-19(22(13)28)11-25(24(35)36)6-7-34(15(3)10-25)12-16-18(27)5-4-17(26)23(16)29/h4-5,8-9,15H,6-7,10-12H2,1-3H3,(H,35,36)(H2,30,31,32,33)/t15-,25-/m1/s1. The Morgan fingerprint density at radius 2 is 2.00 bits per heavy atom. The van der Waals surface area contributed by atoms with Crippen LogP contribution in [0.2, 0.25) is 5.02 Å². The summed E-state index contributed by atoms with van der Waals surface area (Å²) in [5.41, 5.74) is -0.247. The first kappa shape index (κ1) is 26.0. The largest absolute Gasteiger partial charge is 0.481 e. The van der Waals surface area contributed by atoms with Crippen molar-refractivity contribution in [3.05, 3.63) is 69.3 Å². The van der Waals surface area contributed by atoms with Crippen LogP contribution in [0.15, 0.2) is 24.3 Å². The second kappa shape index (κ2) is 10.1. The topological polar surface area (TPSA) is 94.1 Å². The molecule has 3 heterocycles. The van der Waals surface area contributed by atoms with Gasteiger partial charge in [0, 0.05) is 36.3 Å². The molecule has 1 aliphatic heterocycles. The molecule has 1 fully saturated rings. The Bertz CT molecular complexity index is 1300. The Labute approximate surface area is 211 Å². The van der Waals surface area contributed by atoms with E-state index < -0.39 is 28.8 Å². The molecule has 0 amide bonds. The lowest BCUT2D eigenvalue weighted by atomic mass is 9.72. The highest BCUT2D eigenvalue weighted by Crippen LogP contribution is 2.40. The second-order valence-corrected chi connectivity index (χ2v) is 9.91. The molecule has 1 saturated heterocycles. The van der Waals surface area contributed by atoms with Crippen LogP contribution in [0.1, 0.15) is 42.3 Å². The molecule has 1 aliphatic rings. The normalized spacial score (nSPS) is 20.5. The summed E-state index contributed by atoms with van der Waals surface area (Å²) in [6.07, 6.45) is 0.192. The monoisotopic (exact) mass is 521 g/mol. The van der Waals surface area contributed by atoms with Crippen molar-refractivity contribution in [1.29, 1.82) is 0 Å². The molecule has 0 radical (unpaired) electrons. The van der Waals surface area contributed by atoms with Crippen molar-refractivity contribution in [1.82, 2.24) is 20.1 Å². The minimum Gasteiger partial charge on any atom is -0.481 e. The van der Waals surface area contributed by atoms with Gasteiger partial charge in [-0.05, 0) is 63.9 Å². The number of carboxylic acid groups (broad SMARTS) is 1. The zero-order chi connectivity index (χ0) is 26.2. The molecule has 0 spiro atoms. The third kappa shape index (κ3) is 5.19. The highest BCUT2D eigenvalue weighted by atomic mass is 35.5. The van der Waals surface area contributed by atoms with E-state index in [2.05, 4.69) is 20.5 Å². The van der Waals surface area contributed by atoms with Crippen LogP contribution in [0, 0.1) is 36.7 Å². The number of rotatable bonds is 7. The van der Waals surface area contributed by atoms with Crippen molar-refractivity contribution >= 4 is 29.2 Å². The number of hydrogen-bond donors (Lipinski definition) is 3. The first-order valence-electron chi connectivity index (χ1n) is 11.5. The van der Waals surface area contributed by atoms with E-state index in [1.807, 2.05) is 11.8 Å². The van der Waals surface area contributed by atoms with Gasteiger partial charge in [0.15, 0.2) is 5.82 Å². The summed E-state index contributed by atoms with van der Waals surface area (Å²) >= 11 is 5.82. The van der Waals surface area contributed by atoms with E-state index in [9.17, 15) is 18.7 Å². The predicted octanol–water partition coefficient (Wildman–Crippen LogP) is 5.53. The number of likely N-dealkylation sites (tertiary alicyclic amines) is 1. The van der Waals surface area contributed by atoms with Gasteiger partial charge in [-0.3, -0.25) is 14.8 Å². The maximum atomic E-state index is 15.1. The summed E-state index contributed by atoms with van der Waals surface area (Å²) < 4.78 is 43.8. The molecule has 0 saturated carbocycles. The molecule has 1 aromatic carbocycles. The van der Waals surface area contributed by atoms with Crippen molar-refractivity contribution in [2.24, 2.45) is 5.41 Å². The molecule has 0 unspecified atom stereocenters. The Balaban J connectivity index is 1.56. The average Bonchev–Trinajstić information content (AvgIpc) is 3.22. The molecule has 0 bridgehead atoms. The van der Waals surface area contributed by atoms with Crippen molar-refractivity contribution in [2.45, 2.75) is 52.6 Å². The first-order valence-corrected chi connectivity index (χ1v) is 11.9. The first-order chi connectivity index (χ1) is 17.0. The molecule has 36 heavy (non-hydrogen) atoms. The Kier molecular flexibility index (Phi) is 7.28. The summed E-state index contributed by atoms with van der Waals surface area (Å²) in [6.45, 7) is 5.43. The number of H-pyrrole nitrogens is 1. The van der Waals surface area contributed by atoms with E-state index in [0.29, 0.717) is 17.2 Å². The van der Waals surface area contributed by atoms with Gasteiger partial charge in [-0.2, -0.15) is 5.10 Å². The number of aromatic nitrogens is 3. The smallest absolute Gasteiger partial charge is 0.310 e. The Hall–Kier alpha value is -3.11. The zero-order valence-corrected chi connectivity index (χ0v) is 20.9. The van der Waals surface area contributed by atoms with Gasteiger partial charge in [0.2, 0.25) is 0 Å². The number of hydrogen-bond acceptors (Lipinski definition) is 5. The molecule has 2 atom stereocenters. The van der Waals surface area contributed by atoms with Gasteiger partial charge in [-0.15, -0.1) is 0 Å². The van der Waals surface area contributed by atoms with E-state index in [0.717, 1.165) is 17.8 Å². The fourth-order valence-corrected chi connectivity index (χ4v) is 4.97. The molecule has 7 nitrogen and oxygen atoms in total. The van der Waals surface area contributed by atoms with E-state index >= 15 is 4.39 Å². The summed E-state index contributed by atoms with van der Waals surface area (Å²) in [6, 6.07) is 5.23. The van der Waals surface area contributed by atoms with Gasteiger partial charge in [-0.25, -0.2) is 18.2 Å². The number of nitrogens with zero attached hydrogens (tertiary/aromatic N) is 3. The quantitative estimate of drug-likeness (QED) is 0.354. The third-order valence-corrected chi connectivity index (χ3v) is 7.11. The molecule has 3 N–H and O–H groups in total. The molecule has 11 heteroatoms. The predicted molar refractivity (Wildman–Crippen MR) is 130 cm³/mol. The van der Waals surface area contributed by atoms with Crippen LogP contribution in [0.4, 0.5) is 24.8 Å². The second-order valence-electron chi connectivity index (χ2n) is 9.50. The maximum absolute atomic E-state index is 15.1. The highest BCUT2D eigenvalue weighted by Gasteiger charge is 2.45. The minimum absolute atomic E-state index is 0.0414. The number of carbonyl (C=O) groups is 1. The number of nitrogens with one attached hydrogen (secondary N) is 2. The maximum Gasteiger partial charge on any atom is 0.310 e. The number of piperidine rings is 1.